The van der Waals surface area contributed by atoms with Crippen molar-refractivity contribution in [3.05, 3.63) is 41.4 Å². The molecule has 2 heterocycles. The fraction of sp³-hybridized carbons (Fsp3) is 0.467. The lowest BCUT2D eigenvalue weighted by Gasteiger charge is -2.33. The van der Waals surface area contributed by atoms with E-state index >= 15 is 0 Å². The molecule has 0 amide bonds. The normalized spacial score (nSPS) is 17.2. The van der Waals surface area contributed by atoms with Gasteiger partial charge in [0.15, 0.2) is 4.77 Å². The van der Waals surface area contributed by atoms with Crippen LogP contribution in [-0.2, 0) is 23.2 Å². The minimum atomic E-state index is -3.41. The molecule has 1 fully saturated rings. The summed E-state index contributed by atoms with van der Waals surface area (Å²) in [6.45, 7) is 5.67. The average molecular weight is 368 g/mol. The molecule has 1 aliphatic heterocycles. The number of benzene rings is 1. The van der Waals surface area contributed by atoms with Crippen LogP contribution in [0.2, 0.25) is 0 Å². The number of piperazine rings is 1. The van der Waals surface area contributed by atoms with Crippen molar-refractivity contribution in [2.45, 2.75) is 25.0 Å². The van der Waals surface area contributed by atoms with E-state index in [9.17, 15) is 8.42 Å². The Balaban J connectivity index is 1.64. The monoisotopic (exact) mass is 367 g/mol. The van der Waals surface area contributed by atoms with Gasteiger partial charge in [-0.15, -0.1) is 0 Å². The Morgan fingerprint density at radius 2 is 1.79 bits per heavy atom. The largest absolute Gasteiger partial charge is 0.307 e. The molecule has 7 nitrogen and oxygen atoms in total. The standard InChI is InChI=1S/C15H21N5O2S2/c1-2-18-12-16-20(15(18)23)13-17-8-10-19(11-9-17)24(21,22)14-6-4-3-5-7-14/h3-7,12H,2,8-11,13H2,1H3. The number of aryl methyl sites for hydroxylation is 1. The van der Waals surface area contributed by atoms with Crippen molar-refractivity contribution in [1.82, 2.24) is 23.6 Å². The highest BCUT2D eigenvalue weighted by atomic mass is 32.2. The third-order valence-electron chi connectivity index (χ3n) is 4.18. The first-order chi connectivity index (χ1) is 11.5. The summed E-state index contributed by atoms with van der Waals surface area (Å²) in [5, 5.41) is 4.30. The van der Waals surface area contributed by atoms with Crippen LogP contribution >= 0.6 is 12.2 Å². The molecule has 0 N–H and O–H groups in total. The van der Waals surface area contributed by atoms with Crippen molar-refractivity contribution in [3.63, 3.8) is 0 Å². The van der Waals surface area contributed by atoms with Gasteiger partial charge in [0.2, 0.25) is 10.0 Å². The van der Waals surface area contributed by atoms with E-state index in [0.29, 0.717) is 42.5 Å². The third-order valence-corrected chi connectivity index (χ3v) is 6.54. The van der Waals surface area contributed by atoms with Crippen LogP contribution in [0.3, 0.4) is 0 Å². The summed E-state index contributed by atoms with van der Waals surface area (Å²) in [5.41, 5.74) is 0. The molecular formula is C15H21N5O2S2. The van der Waals surface area contributed by atoms with E-state index in [1.807, 2.05) is 17.6 Å². The minimum absolute atomic E-state index is 0.349. The van der Waals surface area contributed by atoms with E-state index in [-0.39, 0.29) is 0 Å². The lowest BCUT2D eigenvalue weighted by molar-refractivity contribution is 0.144. The highest BCUT2D eigenvalue weighted by Crippen LogP contribution is 2.17. The second-order valence-corrected chi connectivity index (χ2v) is 7.98. The molecule has 0 spiro atoms. The van der Waals surface area contributed by atoms with Crippen LogP contribution in [0.25, 0.3) is 0 Å². The molecule has 1 saturated heterocycles. The molecule has 3 rings (SSSR count). The summed E-state index contributed by atoms with van der Waals surface area (Å²) in [6.07, 6.45) is 1.73. The highest BCUT2D eigenvalue weighted by Gasteiger charge is 2.28. The zero-order chi connectivity index (χ0) is 17.2. The fourth-order valence-corrected chi connectivity index (χ4v) is 4.45. The first-order valence-corrected chi connectivity index (χ1v) is 9.77. The summed E-state index contributed by atoms with van der Waals surface area (Å²) in [4.78, 5) is 2.52. The summed E-state index contributed by atoms with van der Waals surface area (Å²) in [7, 11) is -3.41. The quantitative estimate of drug-likeness (QED) is 0.748. The van der Waals surface area contributed by atoms with Crippen LogP contribution in [0.5, 0.6) is 0 Å². The van der Waals surface area contributed by atoms with Gasteiger partial charge in [-0.25, -0.2) is 13.1 Å². The van der Waals surface area contributed by atoms with Gasteiger partial charge in [-0.05, 0) is 31.3 Å². The molecule has 0 saturated carbocycles. The van der Waals surface area contributed by atoms with Gasteiger partial charge in [-0.2, -0.15) is 9.40 Å². The van der Waals surface area contributed by atoms with Gasteiger partial charge in [0.25, 0.3) is 0 Å². The van der Waals surface area contributed by atoms with Crippen LogP contribution in [-0.4, -0.2) is 58.1 Å². The van der Waals surface area contributed by atoms with Gasteiger partial charge in [-0.3, -0.25) is 4.90 Å². The van der Waals surface area contributed by atoms with Gasteiger partial charge >= 0.3 is 0 Å². The predicted molar refractivity (Wildman–Crippen MR) is 93.5 cm³/mol. The van der Waals surface area contributed by atoms with Gasteiger partial charge in [-0.1, -0.05) is 18.2 Å². The van der Waals surface area contributed by atoms with Crippen molar-refractivity contribution in [2.75, 3.05) is 26.2 Å². The van der Waals surface area contributed by atoms with Gasteiger partial charge in [0.1, 0.15) is 6.33 Å². The second kappa shape index (κ2) is 7.14. The number of hydrogen-bond donors (Lipinski definition) is 0. The summed E-state index contributed by atoms with van der Waals surface area (Å²) in [6, 6.07) is 8.58. The van der Waals surface area contributed by atoms with Crippen LogP contribution in [0.4, 0.5) is 0 Å². The fourth-order valence-electron chi connectivity index (χ4n) is 2.73. The van der Waals surface area contributed by atoms with Crippen molar-refractivity contribution >= 4 is 22.2 Å². The molecule has 1 aliphatic rings. The van der Waals surface area contributed by atoms with E-state index in [0.717, 1.165) is 6.54 Å². The van der Waals surface area contributed by atoms with Crippen LogP contribution < -0.4 is 0 Å². The van der Waals surface area contributed by atoms with Crippen molar-refractivity contribution in [3.8, 4) is 0 Å². The van der Waals surface area contributed by atoms with Crippen LogP contribution in [0, 0.1) is 4.77 Å². The smallest absolute Gasteiger partial charge is 0.243 e. The SMILES string of the molecule is CCn1cnn(CN2CCN(S(=O)(=O)c3ccccc3)CC2)c1=S. The van der Waals surface area contributed by atoms with Crippen LogP contribution in [0.1, 0.15) is 6.92 Å². The molecule has 1 aromatic carbocycles. The molecule has 24 heavy (non-hydrogen) atoms. The number of hydrogen-bond acceptors (Lipinski definition) is 5. The third kappa shape index (κ3) is 3.44. The van der Waals surface area contributed by atoms with E-state index in [2.05, 4.69) is 10.00 Å². The average Bonchev–Trinajstić information content (AvgIpc) is 2.96. The highest BCUT2D eigenvalue weighted by molar-refractivity contribution is 7.89. The van der Waals surface area contributed by atoms with Crippen molar-refractivity contribution in [2.24, 2.45) is 0 Å². The molecular weight excluding hydrogens is 346 g/mol. The Kier molecular flexibility index (Phi) is 5.14. The Hall–Kier alpha value is -1.55. The van der Waals surface area contributed by atoms with E-state index in [1.54, 1.807) is 39.6 Å². The molecule has 1 aromatic heterocycles. The molecule has 0 radical (unpaired) electrons. The number of sulfonamides is 1. The maximum Gasteiger partial charge on any atom is 0.243 e. The number of nitrogens with zero attached hydrogens (tertiary/aromatic N) is 5. The maximum atomic E-state index is 12.6. The predicted octanol–water partition coefficient (Wildman–Crippen LogP) is 1.40. The minimum Gasteiger partial charge on any atom is -0.307 e. The van der Waals surface area contributed by atoms with Gasteiger partial charge in [0.05, 0.1) is 11.6 Å². The van der Waals surface area contributed by atoms with Crippen molar-refractivity contribution in [1.29, 1.82) is 0 Å². The van der Waals surface area contributed by atoms with E-state index in [4.69, 9.17) is 12.2 Å². The lowest BCUT2D eigenvalue weighted by atomic mass is 10.4. The molecule has 2 aromatic rings. The molecule has 0 bridgehead atoms. The Bertz CT molecular complexity index is 836. The molecule has 0 atom stereocenters. The molecule has 0 aliphatic carbocycles. The zero-order valence-electron chi connectivity index (χ0n) is 13.6. The Morgan fingerprint density at radius 3 is 2.38 bits per heavy atom. The second-order valence-electron chi connectivity index (χ2n) is 5.68. The Labute approximate surface area is 147 Å². The summed E-state index contributed by atoms with van der Waals surface area (Å²) in [5.74, 6) is 0. The van der Waals surface area contributed by atoms with E-state index < -0.39 is 10.0 Å². The number of rotatable bonds is 5. The summed E-state index contributed by atoms with van der Waals surface area (Å²) < 4.78 is 31.2. The first-order valence-electron chi connectivity index (χ1n) is 7.92. The first kappa shape index (κ1) is 17.3. The van der Waals surface area contributed by atoms with E-state index in [1.165, 1.54) is 0 Å². The van der Waals surface area contributed by atoms with Gasteiger partial charge in [0, 0.05) is 32.7 Å². The lowest BCUT2D eigenvalue weighted by Crippen LogP contribution is -2.48. The molecule has 0 unspecified atom stereocenters. The topological polar surface area (TPSA) is 63.4 Å². The summed E-state index contributed by atoms with van der Waals surface area (Å²) >= 11 is 5.37. The maximum absolute atomic E-state index is 12.6. The zero-order valence-corrected chi connectivity index (χ0v) is 15.2. The molecule has 9 heteroatoms. The number of aromatic nitrogens is 3. The molecule has 130 valence electrons. The van der Waals surface area contributed by atoms with Crippen molar-refractivity contribution < 1.29 is 8.42 Å². The van der Waals surface area contributed by atoms with Crippen LogP contribution in [0.15, 0.2) is 41.6 Å². The van der Waals surface area contributed by atoms with Gasteiger partial charge < -0.3 is 4.57 Å². The Morgan fingerprint density at radius 1 is 1.12 bits per heavy atom.